The molecule has 0 saturated carbocycles. The Balaban J connectivity index is 0. The predicted molar refractivity (Wildman–Crippen MR) is 70.7 cm³/mol. The number of aldehydes is 1. The van der Waals surface area contributed by atoms with Gasteiger partial charge < -0.3 is 14.0 Å². The van der Waals surface area contributed by atoms with E-state index in [1.807, 2.05) is 0 Å². The van der Waals surface area contributed by atoms with Crippen LogP contribution in [-0.4, -0.2) is 36.5 Å². The number of pyridine rings is 1. The zero-order chi connectivity index (χ0) is 16.3. The Kier molecular flexibility index (Phi) is 13.3. The maximum atomic E-state index is 10.4. The summed E-state index contributed by atoms with van der Waals surface area (Å²) in [6, 6.07) is 5.21. The summed E-state index contributed by atoms with van der Waals surface area (Å²) in [6.45, 7) is 3.29. The molecule has 0 saturated heterocycles. The molecule has 0 aromatic carbocycles. The van der Waals surface area contributed by atoms with Gasteiger partial charge in [-0.3, -0.25) is 24.2 Å². The Labute approximate surface area is 150 Å². The topological polar surface area (TPSA) is 109 Å². The summed E-state index contributed by atoms with van der Waals surface area (Å²) >= 11 is 0. The molecule has 22 heavy (non-hydrogen) atoms. The first-order valence-corrected chi connectivity index (χ1v) is 5.73. The maximum Gasteiger partial charge on any atom is 1.00 e. The number of carbonyl (C=O) groups is 4. The summed E-state index contributed by atoms with van der Waals surface area (Å²) in [7, 11) is -1.59. The van der Waals surface area contributed by atoms with Crippen molar-refractivity contribution in [2.45, 2.75) is 20.8 Å². The van der Waals surface area contributed by atoms with Gasteiger partial charge in [-0.15, -0.1) is 0 Å². The van der Waals surface area contributed by atoms with Crippen LogP contribution in [0.4, 0.5) is 0 Å². The van der Waals surface area contributed by atoms with E-state index in [1.165, 1.54) is 0 Å². The molecular weight excluding hydrogens is 304 g/mol. The molecule has 0 unspecified atom stereocenters. The van der Waals surface area contributed by atoms with Crippen LogP contribution in [0.2, 0.25) is 0 Å². The van der Waals surface area contributed by atoms with E-state index in [0.29, 0.717) is 5.69 Å². The first kappa shape index (κ1) is 22.6. The molecule has 1 rings (SSSR count). The quantitative estimate of drug-likeness (QED) is 0.445. The van der Waals surface area contributed by atoms with Crippen LogP contribution in [0.5, 0.6) is 0 Å². The molecule has 1 radical (unpaired) electrons. The summed E-state index contributed by atoms with van der Waals surface area (Å²) in [4.78, 5) is 44.9. The van der Waals surface area contributed by atoms with Crippen molar-refractivity contribution in [3.63, 3.8) is 0 Å². The number of hydrogen-bond donors (Lipinski definition) is 0. The summed E-state index contributed by atoms with van der Waals surface area (Å²) in [5, 5.41) is 0. The molecule has 1 aromatic rings. The molecule has 0 amide bonds. The normalized spacial score (nSPS) is 8.55. The van der Waals surface area contributed by atoms with Gasteiger partial charge >= 0.3 is 36.9 Å². The standard InChI is InChI=1S/C6H9BO6.C6H5NO.Na/c1-4(8)11-7(12-5(2)9)13-6(3)10;8-5-6-3-1-2-4-7-6;/h1-3H3;1-5H;/q-1;;+1. The number of hydrogen-bond acceptors (Lipinski definition) is 8. The molecule has 1 heterocycles. The van der Waals surface area contributed by atoms with Crippen LogP contribution in [0, 0.1) is 0 Å². The van der Waals surface area contributed by atoms with Crippen molar-refractivity contribution in [1.29, 1.82) is 0 Å². The minimum Gasteiger partial charge on any atom is -0.642 e. The van der Waals surface area contributed by atoms with Crippen molar-refractivity contribution in [2.75, 3.05) is 0 Å². The van der Waals surface area contributed by atoms with Gasteiger partial charge in [-0.05, 0) is 12.1 Å². The van der Waals surface area contributed by atoms with Crippen molar-refractivity contribution in [3.05, 3.63) is 30.1 Å². The van der Waals surface area contributed by atoms with Gasteiger partial charge in [0.1, 0.15) is 5.69 Å². The minimum atomic E-state index is -1.59. The smallest absolute Gasteiger partial charge is 0.642 e. The first-order valence-electron chi connectivity index (χ1n) is 5.73. The van der Waals surface area contributed by atoms with Crippen LogP contribution in [0.25, 0.3) is 0 Å². The molecule has 0 atom stereocenters. The fourth-order valence-corrected chi connectivity index (χ4v) is 0.924. The number of nitrogens with zero attached hydrogens (tertiary/aromatic N) is 1. The minimum absolute atomic E-state index is 0. The molecule has 0 bridgehead atoms. The summed E-state index contributed by atoms with van der Waals surface area (Å²) in [5.74, 6) is -2.15. The third-order valence-corrected chi connectivity index (χ3v) is 1.60. The van der Waals surface area contributed by atoms with Gasteiger partial charge in [0.2, 0.25) is 0 Å². The molecule has 0 spiro atoms. The van der Waals surface area contributed by atoms with Gasteiger partial charge in [0.05, 0.1) is 0 Å². The molecule has 8 nitrogen and oxygen atoms in total. The van der Waals surface area contributed by atoms with E-state index in [-0.39, 0.29) is 29.6 Å². The number of rotatable bonds is 4. The maximum absolute atomic E-state index is 10.4. The Morgan fingerprint density at radius 2 is 1.45 bits per heavy atom. The van der Waals surface area contributed by atoms with Gasteiger partial charge in [-0.1, -0.05) is 6.07 Å². The summed E-state index contributed by atoms with van der Waals surface area (Å²) in [5.41, 5.74) is 0.479. The van der Waals surface area contributed by atoms with Gasteiger partial charge in [0.15, 0.2) is 6.29 Å². The third kappa shape index (κ3) is 13.3. The van der Waals surface area contributed by atoms with E-state index in [4.69, 9.17) is 0 Å². The van der Waals surface area contributed by atoms with E-state index in [0.717, 1.165) is 27.1 Å². The molecule has 1 aromatic heterocycles. The van der Waals surface area contributed by atoms with E-state index >= 15 is 0 Å². The molecule has 0 aliphatic rings. The average molecular weight is 318 g/mol. The number of aromatic nitrogens is 1. The summed E-state index contributed by atoms with van der Waals surface area (Å²) < 4.78 is 13.0. The van der Waals surface area contributed by atoms with Crippen LogP contribution < -0.4 is 29.6 Å². The van der Waals surface area contributed by atoms with Crippen molar-refractivity contribution >= 4 is 31.5 Å². The van der Waals surface area contributed by atoms with Gasteiger partial charge in [-0.25, -0.2) is 0 Å². The molecule has 0 N–H and O–H groups in total. The molecule has 0 fully saturated rings. The van der Waals surface area contributed by atoms with Gasteiger partial charge in [0.25, 0.3) is 17.9 Å². The Morgan fingerprint density at radius 3 is 1.68 bits per heavy atom. The van der Waals surface area contributed by atoms with Crippen LogP contribution >= 0.6 is 0 Å². The SMILES string of the molecule is CC(=O)O[B-](OC(C)=O)OC(C)=O.O=Cc1ccccn1.[Na+]. The number of carbonyl (C=O) groups excluding carboxylic acids is 4. The van der Waals surface area contributed by atoms with E-state index < -0.39 is 25.2 Å². The monoisotopic (exact) mass is 318 g/mol. The Bertz CT molecular complexity index is 459. The van der Waals surface area contributed by atoms with E-state index in [9.17, 15) is 19.2 Å². The van der Waals surface area contributed by atoms with Gasteiger partial charge in [-0.2, -0.15) is 0 Å². The zero-order valence-electron chi connectivity index (χ0n) is 12.8. The van der Waals surface area contributed by atoms with Crippen molar-refractivity contribution in [2.24, 2.45) is 0 Å². The molecule has 10 heteroatoms. The van der Waals surface area contributed by atoms with Gasteiger partial charge in [0, 0.05) is 27.0 Å². The molecule has 113 valence electrons. The first-order chi connectivity index (χ1) is 9.85. The predicted octanol–water partition coefficient (Wildman–Crippen LogP) is -2.44. The molecule has 0 aliphatic heterocycles. The van der Waals surface area contributed by atoms with E-state index in [2.05, 4.69) is 18.9 Å². The van der Waals surface area contributed by atoms with Crippen LogP contribution in [0.15, 0.2) is 24.4 Å². The molecule has 0 aliphatic carbocycles. The van der Waals surface area contributed by atoms with E-state index in [1.54, 1.807) is 24.4 Å². The van der Waals surface area contributed by atoms with Crippen molar-refractivity contribution in [3.8, 4) is 0 Å². The second kappa shape index (κ2) is 13.0. The second-order valence-corrected chi connectivity index (χ2v) is 3.49. The second-order valence-electron chi connectivity index (χ2n) is 3.49. The van der Waals surface area contributed by atoms with Crippen LogP contribution in [0.1, 0.15) is 31.3 Å². The fourth-order valence-electron chi connectivity index (χ4n) is 0.924. The summed E-state index contributed by atoms with van der Waals surface area (Å²) in [6.07, 6.45) is 2.31. The Morgan fingerprint density at radius 1 is 1.00 bits per heavy atom. The van der Waals surface area contributed by atoms with Crippen LogP contribution in [0.3, 0.4) is 0 Å². The third-order valence-electron chi connectivity index (χ3n) is 1.60. The van der Waals surface area contributed by atoms with Crippen molar-refractivity contribution in [1.82, 2.24) is 4.98 Å². The Hall–Kier alpha value is -1.71. The molecular formula is C12H14BNNaO7. The largest absolute Gasteiger partial charge is 1.00 e. The average Bonchev–Trinajstić information content (AvgIpc) is 2.38. The fraction of sp³-hybridized carbons (Fsp3) is 0.250. The van der Waals surface area contributed by atoms with Crippen LogP contribution in [-0.2, 0) is 28.3 Å². The zero-order valence-corrected chi connectivity index (χ0v) is 14.8. The van der Waals surface area contributed by atoms with Crippen molar-refractivity contribution < 1.29 is 62.7 Å².